The van der Waals surface area contributed by atoms with Gasteiger partial charge in [0.1, 0.15) is 5.82 Å². The van der Waals surface area contributed by atoms with Gasteiger partial charge in [0, 0.05) is 12.7 Å². The zero-order valence-electron chi connectivity index (χ0n) is 10.9. The van der Waals surface area contributed by atoms with Crippen LogP contribution in [-0.4, -0.2) is 13.0 Å². The number of benzene rings is 2. The molecule has 0 N–H and O–H groups in total. The minimum Gasteiger partial charge on any atom is -0.314 e. The molecular weight excluding hydrogens is 241 g/mol. The largest absolute Gasteiger partial charge is 0.314 e. The van der Waals surface area contributed by atoms with Crippen LogP contribution < -0.4 is 4.90 Å². The Bertz CT molecular complexity index is 653. The molecule has 0 fully saturated rings. The first-order valence-electron chi connectivity index (χ1n) is 6.19. The first kappa shape index (κ1) is 11.9. The molecule has 0 saturated carbocycles. The molecule has 96 valence electrons. The number of hydrogen-bond acceptors (Lipinski definition) is 1. The fraction of sp³-hybridized carbons (Fsp3) is 0.188. The summed E-state index contributed by atoms with van der Waals surface area (Å²) in [6.45, 7) is 1.85. The Morgan fingerprint density at radius 2 is 1.79 bits per heavy atom. The monoisotopic (exact) mass is 255 g/mol. The van der Waals surface area contributed by atoms with Crippen LogP contribution in [0.1, 0.15) is 18.1 Å². The van der Waals surface area contributed by atoms with Gasteiger partial charge in [-0.15, -0.1) is 0 Å². The Morgan fingerprint density at radius 1 is 1.11 bits per heavy atom. The molecule has 3 heteroatoms. The molecule has 2 aromatic rings. The van der Waals surface area contributed by atoms with Crippen molar-refractivity contribution in [2.45, 2.75) is 12.3 Å². The van der Waals surface area contributed by atoms with Gasteiger partial charge in [0.2, 0.25) is 5.91 Å². The van der Waals surface area contributed by atoms with E-state index in [4.69, 9.17) is 0 Å². The summed E-state index contributed by atoms with van der Waals surface area (Å²) in [4.78, 5) is 14.2. The third-order valence-electron chi connectivity index (χ3n) is 3.94. The third-order valence-corrected chi connectivity index (χ3v) is 3.94. The molecule has 0 aromatic heterocycles. The van der Waals surface area contributed by atoms with Crippen molar-refractivity contribution < 1.29 is 9.18 Å². The van der Waals surface area contributed by atoms with Gasteiger partial charge in [0.15, 0.2) is 0 Å². The smallest absolute Gasteiger partial charge is 0.241 e. The number of halogens is 1. The van der Waals surface area contributed by atoms with Gasteiger partial charge in [-0.25, -0.2) is 4.39 Å². The fourth-order valence-electron chi connectivity index (χ4n) is 2.81. The van der Waals surface area contributed by atoms with Gasteiger partial charge in [0.25, 0.3) is 0 Å². The van der Waals surface area contributed by atoms with E-state index in [1.165, 1.54) is 12.1 Å². The van der Waals surface area contributed by atoms with Crippen LogP contribution in [0.25, 0.3) is 0 Å². The molecule has 0 spiro atoms. The number of carbonyl (C=O) groups excluding carboxylic acids is 1. The van der Waals surface area contributed by atoms with Gasteiger partial charge in [-0.05, 0) is 36.2 Å². The summed E-state index contributed by atoms with van der Waals surface area (Å²) in [5.74, 6) is -0.344. The van der Waals surface area contributed by atoms with Gasteiger partial charge in [-0.1, -0.05) is 30.3 Å². The first-order valence-corrected chi connectivity index (χ1v) is 6.19. The molecule has 0 unspecified atom stereocenters. The zero-order valence-corrected chi connectivity index (χ0v) is 10.9. The summed E-state index contributed by atoms with van der Waals surface area (Å²) in [7, 11) is 1.73. The molecule has 19 heavy (non-hydrogen) atoms. The van der Waals surface area contributed by atoms with Crippen LogP contribution in [0.2, 0.25) is 0 Å². The Kier molecular flexibility index (Phi) is 2.45. The molecule has 3 rings (SSSR count). The maximum absolute atomic E-state index is 13.5. The quantitative estimate of drug-likeness (QED) is 0.766. The molecule has 0 aliphatic carbocycles. The van der Waals surface area contributed by atoms with E-state index in [1.807, 2.05) is 37.3 Å². The topological polar surface area (TPSA) is 20.3 Å². The summed E-state index contributed by atoms with van der Waals surface area (Å²) in [5, 5.41) is 0. The summed E-state index contributed by atoms with van der Waals surface area (Å²) < 4.78 is 13.5. The van der Waals surface area contributed by atoms with Gasteiger partial charge in [-0.2, -0.15) is 0 Å². The summed E-state index contributed by atoms with van der Waals surface area (Å²) in [6.07, 6.45) is 0. The lowest BCUT2D eigenvalue weighted by Gasteiger charge is -2.23. The molecule has 2 aromatic carbocycles. The van der Waals surface area contributed by atoms with Gasteiger partial charge < -0.3 is 4.90 Å². The number of nitrogens with zero attached hydrogens (tertiary/aromatic N) is 1. The molecule has 1 amide bonds. The highest BCUT2D eigenvalue weighted by atomic mass is 19.1. The molecule has 1 atom stereocenters. The number of likely N-dealkylation sites (N-methyl/N-ethyl adjacent to an activating group) is 1. The summed E-state index contributed by atoms with van der Waals surface area (Å²) >= 11 is 0. The van der Waals surface area contributed by atoms with E-state index in [2.05, 4.69) is 0 Å². The number of fused-ring (bicyclic) bond motifs is 1. The molecule has 1 aliphatic rings. The lowest BCUT2D eigenvalue weighted by Crippen LogP contribution is -2.36. The normalized spacial score (nSPS) is 21.6. The van der Waals surface area contributed by atoms with Crippen LogP contribution in [0.5, 0.6) is 0 Å². The molecule has 1 heterocycles. The highest BCUT2D eigenvalue weighted by Crippen LogP contribution is 2.45. The van der Waals surface area contributed by atoms with E-state index < -0.39 is 5.41 Å². The standard InChI is InChI=1S/C16H14FNO/c1-16(11-6-4-3-5-7-11)13-10-12(17)8-9-14(13)18(2)15(16)19/h3-10H,1-2H3/t16-/m0/s1. The summed E-state index contributed by atoms with van der Waals surface area (Å²) in [6, 6.07) is 14.0. The zero-order chi connectivity index (χ0) is 13.6. The van der Waals surface area contributed by atoms with E-state index >= 15 is 0 Å². The predicted octanol–water partition coefficient (Wildman–Crippen LogP) is 3.11. The van der Waals surface area contributed by atoms with E-state index in [9.17, 15) is 9.18 Å². The second kappa shape index (κ2) is 3.92. The average Bonchev–Trinajstić information content (AvgIpc) is 2.63. The molecule has 0 radical (unpaired) electrons. The van der Waals surface area contributed by atoms with Crippen LogP contribution in [0.15, 0.2) is 48.5 Å². The molecule has 2 nitrogen and oxygen atoms in total. The Balaban J connectivity index is 2.29. The number of rotatable bonds is 1. The maximum atomic E-state index is 13.5. The highest BCUT2D eigenvalue weighted by Gasteiger charge is 2.47. The number of hydrogen-bond donors (Lipinski definition) is 0. The van der Waals surface area contributed by atoms with Gasteiger partial charge in [-0.3, -0.25) is 4.79 Å². The van der Waals surface area contributed by atoms with E-state index in [-0.39, 0.29) is 11.7 Å². The van der Waals surface area contributed by atoms with E-state index in [0.717, 1.165) is 16.8 Å². The molecule has 0 saturated heterocycles. The lowest BCUT2D eigenvalue weighted by molar-refractivity contribution is -0.121. The Morgan fingerprint density at radius 3 is 2.47 bits per heavy atom. The van der Waals surface area contributed by atoms with Crippen LogP contribution in [0.4, 0.5) is 10.1 Å². The summed E-state index contributed by atoms with van der Waals surface area (Å²) in [5.41, 5.74) is 1.58. The Hall–Kier alpha value is -2.16. The van der Waals surface area contributed by atoms with Crippen LogP contribution in [0, 0.1) is 5.82 Å². The predicted molar refractivity (Wildman–Crippen MR) is 72.7 cm³/mol. The van der Waals surface area contributed by atoms with Crippen molar-refractivity contribution in [1.82, 2.24) is 0 Å². The van der Waals surface area contributed by atoms with Crippen molar-refractivity contribution in [2.24, 2.45) is 0 Å². The third kappa shape index (κ3) is 1.51. The molecule has 1 aliphatic heterocycles. The lowest BCUT2D eigenvalue weighted by atomic mass is 9.77. The second-order valence-corrected chi connectivity index (χ2v) is 5.02. The van der Waals surface area contributed by atoms with E-state index in [0.29, 0.717) is 0 Å². The Labute approximate surface area is 111 Å². The van der Waals surface area contributed by atoms with E-state index in [1.54, 1.807) is 18.0 Å². The average molecular weight is 255 g/mol. The number of carbonyl (C=O) groups is 1. The highest BCUT2D eigenvalue weighted by molar-refractivity contribution is 6.09. The maximum Gasteiger partial charge on any atom is 0.241 e. The number of anilines is 1. The van der Waals surface area contributed by atoms with Crippen LogP contribution >= 0.6 is 0 Å². The number of amides is 1. The van der Waals surface area contributed by atoms with Gasteiger partial charge in [0.05, 0.1) is 5.41 Å². The molecular formula is C16H14FNO. The van der Waals surface area contributed by atoms with Gasteiger partial charge >= 0.3 is 0 Å². The van der Waals surface area contributed by atoms with Crippen LogP contribution in [0.3, 0.4) is 0 Å². The van der Waals surface area contributed by atoms with Crippen LogP contribution in [-0.2, 0) is 10.2 Å². The molecule has 0 bridgehead atoms. The minimum absolute atomic E-state index is 0.0284. The SMILES string of the molecule is CN1C(=O)[C@@](C)(c2ccccc2)c2cc(F)ccc21. The van der Waals surface area contributed by atoms with Crippen molar-refractivity contribution in [3.8, 4) is 0 Å². The first-order chi connectivity index (χ1) is 9.05. The van der Waals surface area contributed by atoms with Crippen molar-refractivity contribution in [1.29, 1.82) is 0 Å². The fourth-order valence-corrected chi connectivity index (χ4v) is 2.81. The van der Waals surface area contributed by atoms with Crippen molar-refractivity contribution in [3.05, 3.63) is 65.5 Å². The van der Waals surface area contributed by atoms with Crippen molar-refractivity contribution in [2.75, 3.05) is 11.9 Å². The minimum atomic E-state index is -0.812. The second-order valence-electron chi connectivity index (χ2n) is 5.02. The van der Waals surface area contributed by atoms with Crippen molar-refractivity contribution >= 4 is 11.6 Å². The van der Waals surface area contributed by atoms with Crippen molar-refractivity contribution in [3.63, 3.8) is 0 Å².